The van der Waals surface area contributed by atoms with Crippen molar-refractivity contribution in [3.05, 3.63) is 106 Å². The van der Waals surface area contributed by atoms with Crippen LogP contribution in [-0.4, -0.2) is 72.1 Å². The van der Waals surface area contributed by atoms with Crippen LogP contribution in [0.4, 0.5) is 11.4 Å². The Hall–Kier alpha value is -6.60. The molecule has 2 amide bonds. The maximum Gasteiger partial charge on any atom is 0.241 e. The lowest BCUT2D eigenvalue weighted by atomic mass is 10.0. The largest absolute Gasteiger partial charge is 0.497 e. The second-order valence-electron chi connectivity index (χ2n) is 12.2. The second kappa shape index (κ2) is 18.9. The molecule has 0 fully saturated rings. The van der Waals surface area contributed by atoms with Gasteiger partial charge in [0.25, 0.3) is 0 Å². The molecular weight excluding hydrogens is 706 g/mol. The average molecular weight is 752 g/mol. The van der Waals surface area contributed by atoms with Gasteiger partial charge in [-0.3, -0.25) is 19.2 Å². The van der Waals surface area contributed by atoms with E-state index in [1.54, 1.807) is 98.8 Å². The lowest BCUT2D eigenvalue weighted by molar-refractivity contribution is -0.122. The van der Waals surface area contributed by atoms with E-state index >= 15 is 0 Å². The zero-order valence-electron chi connectivity index (χ0n) is 32.0. The molecule has 1 atom stereocenters. The lowest BCUT2D eigenvalue weighted by Crippen LogP contribution is -2.38. The summed E-state index contributed by atoms with van der Waals surface area (Å²) in [5.74, 6) is 0.764. The fourth-order valence-corrected chi connectivity index (χ4v) is 5.58. The molecule has 4 N–H and O–H groups in total. The standard InChI is InChI=1S/C42H45N3O10/c1-24(40(47)30-21-28(50-3)11-15-35(30)52-5)17-26-9-13-37(54-7)33(19-26)44-39(46)23-32(43)42(49)45-34-20-27(10-14-38(34)55-8)18-25(2)41(48)31-22-29(51-4)12-16-36(31)53-6/h9-22,32H,23,43H2,1-8H3,(H,44,46)(H,45,49). The number of amides is 2. The van der Waals surface area contributed by atoms with Gasteiger partial charge in [-0.2, -0.15) is 0 Å². The number of ketones is 2. The zero-order valence-corrected chi connectivity index (χ0v) is 32.0. The Morgan fingerprint density at radius 2 is 0.964 bits per heavy atom. The van der Waals surface area contributed by atoms with Crippen molar-refractivity contribution in [3.8, 4) is 34.5 Å². The van der Waals surface area contributed by atoms with Gasteiger partial charge >= 0.3 is 0 Å². The Morgan fingerprint density at radius 3 is 1.36 bits per heavy atom. The van der Waals surface area contributed by atoms with E-state index in [0.717, 1.165) is 0 Å². The number of methoxy groups -OCH3 is 6. The van der Waals surface area contributed by atoms with E-state index in [9.17, 15) is 19.2 Å². The molecule has 0 radical (unpaired) electrons. The van der Waals surface area contributed by atoms with Crippen LogP contribution in [0.15, 0.2) is 83.9 Å². The first-order chi connectivity index (χ1) is 26.3. The van der Waals surface area contributed by atoms with Crippen LogP contribution in [0.25, 0.3) is 12.2 Å². The summed E-state index contributed by atoms with van der Waals surface area (Å²) in [5.41, 5.74) is 9.46. The molecule has 288 valence electrons. The van der Waals surface area contributed by atoms with Crippen LogP contribution in [0.1, 0.15) is 52.1 Å². The third kappa shape index (κ3) is 10.3. The molecule has 0 bridgehead atoms. The third-order valence-corrected chi connectivity index (χ3v) is 8.51. The van der Waals surface area contributed by atoms with E-state index in [2.05, 4.69) is 10.6 Å². The molecule has 0 saturated heterocycles. The van der Waals surface area contributed by atoms with E-state index in [0.29, 0.717) is 73.6 Å². The fraction of sp³-hybridized carbons (Fsp3) is 0.238. The highest BCUT2D eigenvalue weighted by molar-refractivity contribution is 6.13. The molecule has 4 rings (SSSR count). The summed E-state index contributed by atoms with van der Waals surface area (Å²) in [6.45, 7) is 3.34. The van der Waals surface area contributed by atoms with Crippen molar-refractivity contribution in [1.29, 1.82) is 0 Å². The molecule has 0 aliphatic rings. The molecule has 1 unspecified atom stereocenters. The van der Waals surface area contributed by atoms with Gasteiger partial charge in [-0.1, -0.05) is 12.1 Å². The van der Waals surface area contributed by atoms with E-state index in [1.807, 2.05) is 0 Å². The predicted octanol–water partition coefficient (Wildman–Crippen LogP) is 6.61. The summed E-state index contributed by atoms with van der Waals surface area (Å²) in [6, 6.07) is 18.7. The van der Waals surface area contributed by atoms with E-state index in [4.69, 9.17) is 34.2 Å². The van der Waals surface area contributed by atoms with Crippen molar-refractivity contribution in [2.75, 3.05) is 53.3 Å². The van der Waals surface area contributed by atoms with Crippen molar-refractivity contribution < 1.29 is 47.6 Å². The Morgan fingerprint density at radius 1 is 0.564 bits per heavy atom. The number of carbonyl (C=O) groups excluding carboxylic acids is 4. The SMILES string of the molecule is COc1ccc(OC)c(C(=O)C(C)=Cc2ccc(OC)c(NC(=O)CC(N)C(=O)Nc3cc(C=C(C)C(=O)c4cc(OC)ccc4OC)ccc3OC)c2)c1. The van der Waals surface area contributed by atoms with Gasteiger partial charge in [0.1, 0.15) is 34.5 Å². The summed E-state index contributed by atoms with van der Waals surface area (Å²) in [6.07, 6.45) is 2.95. The van der Waals surface area contributed by atoms with Gasteiger partial charge in [-0.15, -0.1) is 0 Å². The van der Waals surface area contributed by atoms with E-state index in [-0.39, 0.29) is 23.7 Å². The van der Waals surface area contributed by atoms with Crippen LogP contribution in [0.5, 0.6) is 34.5 Å². The number of Topliss-reactive ketones (excluding diaryl/α,β-unsaturated/α-hetero) is 2. The Balaban J connectivity index is 1.47. The maximum absolute atomic E-state index is 13.3. The third-order valence-electron chi connectivity index (χ3n) is 8.51. The van der Waals surface area contributed by atoms with Crippen LogP contribution in [-0.2, 0) is 9.59 Å². The number of anilines is 2. The zero-order chi connectivity index (χ0) is 40.2. The molecule has 0 saturated carbocycles. The Labute approximate surface area is 320 Å². The lowest BCUT2D eigenvalue weighted by Gasteiger charge is -2.16. The van der Waals surface area contributed by atoms with Crippen LogP contribution in [0.2, 0.25) is 0 Å². The minimum atomic E-state index is -1.25. The number of nitrogens with one attached hydrogen (secondary N) is 2. The number of hydrogen-bond acceptors (Lipinski definition) is 11. The van der Waals surface area contributed by atoms with Gasteiger partial charge in [0.05, 0.1) is 77.6 Å². The maximum atomic E-state index is 13.3. The molecule has 0 heterocycles. The number of benzene rings is 4. The minimum absolute atomic E-state index is 0.273. The van der Waals surface area contributed by atoms with Gasteiger partial charge < -0.3 is 44.8 Å². The molecule has 0 aliphatic carbocycles. The average Bonchev–Trinajstić information content (AvgIpc) is 3.19. The van der Waals surface area contributed by atoms with Gasteiger partial charge in [-0.05, 0) is 109 Å². The molecular formula is C42H45N3O10. The molecule has 13 nitrogen and oxygen atoms in total. The summed E-state index contributed by atoms with van der Waals surface area (Å²) in [5, 5.41) is 5.49. The van der Waals surface area contributed by atoms with Crippen LogP contribution in [0, 0.1) is 0 Å². The van der Waals surface area contributed by atoms with E-state index in [1.165, 1.54) is 42.7 Å². The molecule has 13 heteroatoms. The monoisotopic (exact) mass is 751 g/mol. The molecule has 4 aromatic carbocycles. The quantitative estimate of drug-likeness (QED) is 0.0783. The summed E-state index contributed by atoms with van der Waals surface area (Å²) in [4.78, 5) is 53.1. The summed E-state index contributed by atoms with van der Waals surface area (Å²) in [7, 11) is 8.88. The van der Waals surface area contributed by atoms with Crippen molar-refractivity contribution in [2.24, 2.45) is 5.73 Å². The van der Waals surface area contributed by atoms with Crippen molar-refractivity contribution in [3.63, 3.8) is 0 Å². The first-order valence-electron chi connectivity index (χ1n) is 17.0. The van der Waals surface area contributed by atoms with Crippen LogP contribution in [0.3, 0.4) is 0 Å². The summed E-state index contributed by atoms with van der Waals surface area (Å²) < 4.78 is 32.2. The number of allylic oxidation sites excluding steroid dienone is 2. The van der Waals surface area contributed by atoms with Crippen LogP contribution >= 0.6 is 0 Å². The first-order valence-corrected chi connectivity index (χ1v) is 17.0. The molecule has 0 aromatic heterocycles. The van der Waals surface area contributed by atoms with Gasteiger partial charge in [-0.25, -0.2) is 0 Å². The number of nitrogens with two attached hydrogens (primary N) is 1. The molecule has 4 aromatic rings. The number of ether oxygens (including phenoxy) is 6. The van der Waals surface area contributed by atoms with Gasteiger partial charge in [0.2, 0.25) is 11.8 Å². The highest BCUT2D eigenvalue weighted by Crippen LogP contribution is 2.31. The van der Waals surface area contributed by atoms with E-state index < -0.39 is 17.9 Å². The highest BCUT2D eigenvalue weighted by atomic mass is 16.5. The smallest absolute Gasteiger partial charge is 0.241 e. The minimum Gasteiger partial charge on any atom is -0.497 e. The molecule has 0 aliphatic heterocycles. The fourth-order valence-electron chi connectivity index (χ4n) is 5.58. The van der Waals surface area contributed by atoms with Gasteiger partial charge in [0.15, 0.2) is 11.6 Å². The normalized spacial score (nSPS) is 11.9. The van der Waals surface area contributed by atoms with Crippen LogP contribution < -0.4 is 44.8 Å². The van der Waals surface area contributed by atoms with Gasteiger partial charge in [0, 0.05) is 0 Å². The van der Waals surface area contributed by atoms with Crippen molar-refractivity contribution in [2.45, 2.75) is 26.3 Å². The topological polar surface area (TPSA) is 174 Å². The number of hydrogen-bond donors (Lipinski definition) is 3. The first kappa shape index (κ1) is 41.2. The molecule has 55 heavy (non-hydrogen) atoms. The van der Waals surface area contributed by atoms with Crippen molar-refractivity contribution >= 4 is 46.9 Å². The second-order valence-corrected chi connectivity index (χ2v) is 12.2. The molecule has 0 spiro atoms. The Bertz CT molecular complexity index is 2140. The summed E-state index contributed by atoms with van der Waals surface area (Å²) >= 11 is 0. The van der Waals surface area contributed by atoms with Crippen molar-refractivity contribution in [1.82, 2.24) is 0 Å². The highest BCUT2D eigenvalue weighted by Gasteiger charge is 2.22. The predicted molar refractivity (Wildman–Crippen MR) is 211 cm³/mol. The number of rotatable bonds is 17. The Kier molecular flexibility index (Phi) is 14.2. The number of carbonyl (C=O) groups is 4.